The maximum Gasteiger partial charge on any atom is 0.233 e. The zero-order chi connectivity index (χ0) is 10.4. The van der Waals surface area contributed by atoms with Crippen LogP contribution in [-0.2, 0) is 4.79 Å². The number of hydrogen-bond donors (Lipinski definition) is 2. The summed E-state index contributed by atoms with van der Waals surface area (Å²) < 4.78 is 0. The second kappa shape index (κ2) is 6.38. The Morgan fingerprint density at radius 3 is 2.31 bits per heavy atom. The van der Waals surface area contributed by atoms with Gasteiger partial charge in [0.1, 0.15) is 0 Å². The molecule has 13 heavy (non-hydrogen) atoms. The lowest BCUT2D eigenvalue weighted by Gasteiger charge is -2.18. The number of halogens is 1. The first-order valence-corrected chi connectivity index (χ1v) is 5.44. The van der Waals surface area contributed by atoms with Gasteiger partial charge in [-0.05, 0) is 19.3 Å². The van der Waals surface area contributed by atoms with Crippen molar-refractivity contribution >= 4 is 21.8 Å². The Bertz CT molecular complexity index is 160. The van der Waals surface area contributed by atoms with Crippen molar-refractivity contribution in [2.45, 2.75) is 38.1 Å². The maximum atomic E-state index is 11.2. The number of rotatable bonds is 5. The van der Waals surface area contributed by atoms with E-state index >= 15 is 0 Å². The molecule has 0 aliphatic rings. The molecule has 0 aromatic heterocycles. The van der Waals surface area contributed by atoms with Gasteiger partial charge in [0.05, 0.1) is 17.5 Å². The third-order valence-corrected chi connectivity index (χ3v) is 2.10. The predicted molar refractivity (Wildman–Crippen MR) is 56.9 cm³/mol. The average molecular weight is 252 g/mol. The summed E-state index contributed by atoms with van der Waals surface area (Å²) in [4.78, 5) is 11.0. The van der Waals surface area contributed by atoms with Crippen LogP contribution in [-0.4, -0.2) is 28.5 Å². The van der Waals surface area contributed by atoms with E-state index in [2.05, 4.69) is 35.1 Å². The summed E-state index contributed by atoms with van der Waals surface area (Å²) in [5.74, 6) is 0.405. The van der Waals surface area contributed by atoms with E-state index in [-0.39, 0.29) is 23.4 Å². The van der Waals surface area contributed by atoms with Gasteiger partial charge in [-0.25, -0.2) is 0 Å². The first kappa shape index (κ1) is 12.9. The number of nitrogens with one attached hydrogen (secondary N) is 1. The lowest BCUT2D eigenvalue weighted by Crippen LogP contribution is -2.41. The molecule has 0 fully saturated rings. The molecular weight excluding hydrogens is 234 g/mol. The molecule has 0 rings (SSSR count). The molecule has 0 aliphatic heterocycles. The number of hydrogen-bond acceptors (Lipinski definition) is 2. The molecule has 0 saturated carbocycles. The van der Waals surface area contributed by atoms with Gasteiger partial charge in [0.15, 0.2) is 0 Å². The van der Waals surface area contributed by atoms with Crippen LogP contribution in [0.25, 0.3) is 0 Å². The van der Waals surface area contributed by atoms with Crippen LogP contribution in [0.15, 0.2) is 0 Å². The number of alkyl halides is 1. The standard InChI is InChI=1S/C9H18BrNO2/c1-6(2)4-8(5-12)11-9(13)7(3)10/h6-8,12H,4-5H2,1-3H3,(H,11,13). The van der Waals surface area contributed by atoms with Gasteiger partial charge in [-0.15, -0.1) is 0 Å². The largest absolute Gasteiger partial charge is 0.394 e. The van der Waals surface area contributed by atoms with Gasteiger partial charge in [0.25, 0.3) is 0 Å². The van der Waals surface area contributed by atoms with Gasteiger partial charge in [-0.2, -0.15) is 0 Å². The van der Waals surface area contributed by atoms with Crippen molar-refractivity contribution in [3.05, 3.63) is 0 Å². The van der Waals surface area contributed by atoms with Gasteiger partial charge in [-0.3, -0.25) is 4.79 Å². The molecule has 0 aromatic carbocycles. The summed E-state index contributed by atoms with van der Waals surface area (Å²) in [5.41, 5.74) is 0. The van der Waals surface area contributed by atoms with E-state index in [1.165, 1.54) is 0 Å². The van der Waals surface area contributed by atoms with Crippen molar-refractivity contribution in [2.75, 3.05) is 6.61 Å². The van der Waals surface area contributed by atoms with Crippen LogP contribution in [0.2, 0.25) is 0 Å². The fourth-order valence-electron chi connectivity index (χ4n) is 1.06. The van der Waals surface area contributed by atoms with Crippen molar-refractivity contribution in [2.24, 2.45) is 5.92 Å². The Morgan fingerprint density at radius 1 is 1.46 bits per heavy atom. The van der Waals surface area contributed by atoms with E-state index < -0.39 is 0 Å². The zero-order valence-electron chi connectivity index (χ0n) is 8.38. The topological polar surface area (TPSA) is 49.3 Å². The molecule has 4 heteroatoms. The van der Waals surface area contributed by atoms with Crippen LogP contribution in [0, 0.1) is 5.92 Å². The summed E-state index contributed by atoms with van der Waals surface area (Å²) in [7, 11) is 0. The third-order valence-electron chi connectivity index (χ3n) is 1.68. The van der Waals surface area contributed by atoms with Gasteiger partial charge < -0.3 is 10.4 Å². The van der Waals surface area contributed by atoms with Gasteiger partial charge in [0, 0.05) is 0 Å². The smallest absolute Gasteiger partial charge is 0.233 e. The van der Waals surface area contributed by atoms with Crippen LogP contribution in [0.1, 0.15) is 27.2 Å². The highest BCUT2D eigenvalue weighted by Gasteiger charge is 2.15. The molecule has 2 unspecified atom stereocenters. The molecule has 0 aliphatic carbocycles. The van der Waals surface area contributed by atoms with Crippen LogP contribution in [0.5, 0.6) is 0 Å². The summed E-state index contributed by atoms with van der Waals surface area (Å²) in [6, 6.07) is -0.118. The van der Waals surface area contributed by atoms with Crippen LogP contribution in [0.4, 0.5) is 0 Å². The van der Waals surface area contributed by atoms with Gasteiger partial charge in [0.2, 0.25) is 5.91 Å². The molecule has 2 atom stereocenters. The predicted octanol–water partition coefficient (Wildman–Crippen LogP) is 1.29. The molecule has 0 saturated heterocycles. The molecule has 2 N–H and O–H groups in total. The van der Waals surface area contributed by atoms with E-state index in [4.69, 9.17) is 5.11 Å². The minimum absolute atomic E-state index is 0.00361. The Balaban J connectivity index is 3.90. The highest BCUT2D eigenvalue weighted by Crippen LogP contribution is 2.05. The third kappa shape index (κ3) is 6.05. The SMILES string of the molecule is CC(C)CC(CO)NC(=O)C(C)Br. The van der Waals surface area contributed by atoms with Crippen molar-refractivity contribution in [3.8, 4) is 0 Å². The van der Waals surface area contributed by atoms with Crippen molar-refractivity contribution in [3.63, 3.8) is 0 Å². The fourth-order valence-corrected chi connectivity index (χ4v) is 1.20. The average Bonchev–Trinajstić information content (AvgIpc) is 2.02. The second-order valence-corrected chi connectivity index (χ2v) is 5.01. The van der Waals surface area contributed by atoms with E-state index in [9.17, 15) is 4.79 Å². The van der Waals surface area contributed by atoms with E-state index in [1.807, 2.05) is 0 Å². The minimum atomic E-state index is -0.200. The second-order valence-electron chi connectivity index (χ2n) is 3.63. The number of carbonyl (C=O) groups excluding carboxylic acids is 1. The number of carbonyl (C=O) groups is 1. The molecule has 78 valence electrons. The Morgan fingerprint density at radius 2 is 2.00 bits per heavy atom. The summed E-state index contributed by atoms with van der Waals surface area (Å²) in [6.07, 6.45) is 0.808. The number of amides is 1. The normalized spacial score (nSPS) is 15.5. The molecular formula is C9H18BrNO2. The quantitative estimate of drug-likeness (QED) is 0.724. The van der Waals surface area contributed by atoms with E-state index in [0.717, 1.165) is 6.42 Å². The number of aliphatic hydroxyl groups is 1. The van der Waals surface area contributed by atoms with Gasteiger partial charge >= 0.3 is 0 Å². The summed E-state index contributed by atoms with van der Waals surface area (Å²) in [5, 5.41) is 11.7. The lowest BCUT2D eigenvalue weighted by molar-refractivity contribution is -0.121. The van der Waals surface area contributed by atoms with Crippen molar-refractivity contribution in [1.29, 1.82) is 0 Å². The Hall–Kier alpha value is -0.0900. The van der Waals surface area contributed by atoms with Crippen LogP contribution in [0.3, 0.4) is 0 Å². The first-order chi connectivity index (χ1) is 5.97. The van der Waals surface area contributed by atoms with Crippen molar-refractivity contribution in [1.82, 2.24) is 5.32 Å². The van der Waals surface area contributed by atoms with Crippen molar-refractivity contribution < 1.29 is 9.90 Å². The van der Waals surface area contributed by atoms with Crippen LogP contribution < -0.4 is 5.32 Å². The van der Waals surface area contributed by atoms with Crippen LogP contribution >= 0.6 is 15.9 Å². The minimum Gasteiger partial charge on any atom is -0.394 e. The molecule has 0 spiro atoms. The fraction of sp³-hybridized carbons (Fsp3) is 0.889. The Labute approximate surface area is 88.0 Å². The molecule has 0 aromatic rings. The molecule has 3 nitrogen and oxygen atoms in total. The van der Waals surface area contributed by atoms with E-state index in [0.29, 0.717) is 5.92 Å². The Kier molecular flexibility index (Phi) is 6.33. The maximum absolute atomic E-state index is 11.2. The highest BCUT2D eigenvalue weighted by atomic mass is 79.9. The van der Waals surface area contributed by atoms with E-state index in [1.54, 1.807) is 6.92 Å². The molecule has 0 radical (unpaired) electrons. The first-order valence-electron chi connectivity index (χ1n) is 4.52. The highest BCUT2D eigenvalue weighted by molar-refractivity contribution is 9.10. The zero-order valence-corrected chi connectivity index (χ0v) is 9.97. The monoisotopic (exact) mass is 251 g/mol. The number of aliphatic hydroxyl groups excluding tert-OH is 1. The summed E-state index contributed by atoms with van der Waals surface area (Å²) >= 11 is 3.17. The molecule has 0 bridgehead atoms. The lowest BCUT2D eigenvalue weighted by atomic mass is 10.0. The molecule has 0 heterocycles. The van der Waals surface area contributed by atoms with Gasteiger partial charge in [-0.1, -0.05) is 29.8 Å². The summed E-state index contributed by atoms with van der Waals surface area (Å²) in [6.45, 7) is 5.89. The molecule has 1 amide bonds.